The van der Waals surface area contributed by atoms with Crippen LogP contribution in [0.4, 0.5) is 5.82 Å². The van der Waals surface area contributed by atoms with E-state index >= 15 is 0 Å². The van der Waals surface area contributed by atoms with Gasteiger partial charge in [-0.15, -0.1) is 0 Å². The first-order valence-corrected chi connectivity index (χ1v) is 9.35. The number of ether oxygens (including phenoxy) is 1. The number of aromatic nitrogens is 2. The van der Waals surface area contributed by atoms with Gasteiger partial charge in [0.1, 0.15) is 18.1 Å². The average molecular weight is 450 g/mol. The van der Waals surface area contributed by atoms with E-state index in [9.17, 15) is 9.90 Å². The van der Waals surface area contributed by atoms with Gasteiger partial charge in [0.2, 0.25) is 0 Å². The molecule has 0 aromatic carbocycles. The van der Waals surface area contributed by atoms with Crippen LogP contribution in [0.25, 0.3) is 0 Å². The molecule has 1 aromatic heterocycles. The molecule has 3 rings (SSSR count). The first-order chi connectivity index (χ1) is 11.6. The summed E-state index contributed by atoms with van der Waals surface area (Å²) in [6.07, 6.45) is 3.63. The summed E-state index contributed by atoms with van der Waals surface area (Å²) in [4.78, 5) is 18.7. The fourth-order valence-electron chi connectivity index (χ4n) is 3.13. The Kier molecular flexibility index (Phi) is 6.08. The highest BCUT2D eigenvalue weighted by atomic mass is 127. The fraction of sp³-hybridized carbons (Fsp3) is 0.733. The van der Waals surface area contributed by atoms with Crippen LogP contribution in [0.1, 0.15) is 31.9 Å². The Balaban J connectivity index is 1.68. The van der Waals surface area contributed by atoms with Crippen molar-refractivity contribution in [2.75, 3.05) is 31.7 Å². The molecule has 0 bridgehead atoms. The molecule has 0 spiro atoms. The number of hydrogen-bond donors (Lipinski definition) is 3. The SMILES string of the molecule is O=c1nc(NCN2CCCCC2)c(I)cn1[C@H]1C[C@@H](O)[C@@H](CO)O1. The predicted octanol–water partition coefficient (Wildman–Crippen LogP) is 0.344. The summed E-state index contributed by atoms with van der Waals surface area (Å²) < 4.78 is 7.73. The topological polar surface area (TPSA) is 99.9 Å². The summed E-state index contributed by atoms with van der Waals surface area (Å²) >= 11 is 2.13. The van der Waals surface area contributed by atoms with Crippen molar-refractivity contribution < 1.29 is 14.9 Å². The smallest absolute Gasteiger partial charge is 0.351 e. The highest BCUT2D eigenvalue weighted by Crippen LogP contribution is 2.28. The summed E-state index contributed by atoms with van der Waals surface area (Å²) in [5, 5.41) is 22.2. The lowest BCUT2D eigenvalue weighted by Gasteiger charge is -2.26. The molecule has 2 aliphatic rings. The van der Waals surface area contributed by atoms with Crippen molar-refractivity contribution in [2.24, 2.45) is 0 Å². The minimum absolute atomic E-state index is 0.267. The van der Waals surface area contributed by atoms with E-state index < -0.39 is 24.1 Å². The van der Waals surface area contributed by atoms with Crippen LogP contribution >= 0.6 is 22.6 Å². The zero-order chi connectivity index (χ0) is 17.1. The molecule has 3 heterocycles. The number of aliphatic hydroxyl groups is 2. The second kappa shape index (κ2) is 8.09. The van der Waals surface area contributed by atoms with Gasteiger partial charge in [0.25, 0.3) is 0 Å². The number of halogens is 1. The van der Waals surface area contributed by atoms with Crippen LogP contribution in [0.5, 0.6) is 0 Å². The molecule has 0 amide bonds. The molecule has 2 saturated heterocycles. The lowest BCUT2D eigenvalue weighted by atomic mass is 10.1. The zero-order valence-electron chi connectivity index (χ0n) is 13.4. The molecule has 0 unspecified atom stereocenters. The fourth-order valence-corrected chi connectivity index (χ4v) is 3.74. The lowest BCUT2D eigenvalue weighted by Crippen LogP contribution is -2.35. The number of aliphatic hydroxyl groups excluding tert-OH is 2. The van der Waals surface area contributed by atoms with Gasteiger partial charge in [0, 0.05) is 12.6 Å². The average Bonchev–Trinajstić information content (AvgIpc) is 2.97. The maximum Gasteiger partial charge on any atom is 0.351 e. The van der Waals surface area contributed by atoms with Crippen molar-refractivity contribution in [2.45, 2.75) is 44.1 Å². The van der Waals surface area contributed by atoms with E-state index in [1.165, 1.54) is 23.8 Å². The standard InChI is InChI=1S/C15H23IN4O4/c16-10-7-20(13-6-11(22)12(8-21)24-13)15(23)18-14(10)17-9-19-4-2-1-3-5-19/h7,11-13,21-22H,1-6,8-9H2,(H,17,18,23)/t11-,12-,13-/m1/s1. The molecule has 9 heteroatoms. The van der Waals surface area contributed by atoms with E-state index in [4.69, 9.17) is 9.84 Å². The van der Waals surface area contributed by atoms with Crippen LogP contribution in [-0.2, 0) is 4.74 Å². The van der Waals surface area contributed by atoms with Crippen molar-refractivity contribution in [1.82, 2.24) is 14.5 Å². The van der Waals surface area contributed by atoms with E-state index in [-0.39, 0.29) is 13.0 Å². The monoisotopic (exact) mass is 450 g/mol. The van der Waals surface area contributed by atoms with Crippen molar-refractivity contribution in [3.05, 3.63) is 20.3 Å². The third-order valence-electron chi connectivity index (χ3n) is 4.52. The number of piperidine rings is 1. The number of nitrogens with one attached hydrogen (secondary N) is 1. The Labute approximate surface area is 154 Å². The number of nitrogens with zero attached hydrogens (tertiary/aromatic N) is 3. The molecule has 0 radical (unpaired) electrons. The van der Waals surface area contributed by atoms with Crippen LogP contribution in [0, 0.1) is 3.57 Å². The lowest BCUT2D eigenvalue weighted by molar-refractivity contribution is -0.0459. The molecule has 3 atom stereocenters. The van der Waals surface area contributed by atoms with Gasteiger partial charge in [-0.05, 0) is 48.5 Å². The van der Waals surface area contributed by atoms with Gasteiger partial charge < -0.3 is 20.3 Å². The van der Waals surface area contributed by atoms with Gasteiger partial charge in [0.15, 0.2) is 0 Å². The first-order valence-electron chi connectivity index (χ1n) is 8.28. The van der Waals surface area contributed by atoms with E-state index in [0.29, 0.717) is 12.5 Å². The van der Waals surface area contributed by atoms with Crippen LogP contribution in [-0.4, -0.2) is 63.2 Å². The van der Waals surface area contributed by atoms with Crippen molar-refractivity contribution in [3.63, 3.8) is 0 Å². The summed E-state index contributed by atoms with van der Waals surface area (Å²) in [5.74, 6) is 0.569. The summed E-state index contributed by atoms with van der Waals surface area (Å²) in [6, 6.07) is 0. The van der Waals surface area contributed by atoms with Gasteiger partial charge in [-0.25, -0.2) is 4.79 Å². The largest absolute Gasteiger partial charge is 0.394 e. The van der Waals surface area contributed by atoms with Gasteiger partial charge in [-0.1, -0.05) is 6.42 Å². The third kappa shape index (κ3) is 4.07. The van der Waals surface area contributed by atoms with Crippen LogP contribution in [0.15, 0.2) is 11.0 Å². The molecular weight excluding hydrogens is 427 g/mol. The second-order valence-corrected chi connectivity index (χ2v) is 7.42. The van der Waals surface area contributed by atoms with Gasteiger partial charge >= 0.3 is 5.69 Å². The number of anilines is 1. The number of rotatable bonds is 5. The summed E-state index contributed by atoms with van der Waals surface area (Å²) in [7, 11) is 0. The maximum absolute atomic E-state index is 12.3. The zero-order valence-corrected chi connectivity index (χ0v) is 15.6. The minimum atomic E-state index is -0.776. The van der Waals surface area contributed by atoms with Crippen molar-refractivity contribution in [1.29, 1.82) is 0 Å². The number of likely N-dealkylation sites (tertiary alicyclic amines) is 1. The van der Waals surface area contributed by atoms with E-state index in [1.807, 2.05) is 0 Å². The summed E-state index contributed by atoms with van der Waals surface area (Å²) in [5.41, 5.74) is -0.424. The highest BCUT2D eigenvalue weighted by molar-refractivity contribution is 14.1. The Hall–Kier alpha value is -0.750. The first kappa shape index (κ1) is 18.1. The van der Waals surface area contributed by atoms with E-state index in [2.05, 4.69) is 37.8 Å². The second-order valence-electron chi connectivity index (χ2n) is 6.26. The van der Waals surface area contributed by atoms with Crippen LogP contribution in [0.3, 0.4) is 0 Å². The van der Waals surface area contributed by atoms with Gasteiger partial charge in [-0.2, -0.15) is 4.98 Å². The molecule has 8 nitrogen and oxygen atoms in total. The molecule has 0 aliphatic carbocycles. The molecule has 24 heavy (non-hydrogen) atoms. The quantitative estimate of drug-likeness (QED) is 0.557. The Morgan fingerprint density at radius 2 is 2.12 bits per heavy atom. The molecule has 2 fully saturated rings. The van der Waals surface area contributed by atoms with Gasteiger partial charge in [0.05, 0.1) is 22.9 Å². The van der Waals surface area contributed by atoms with Crippen LogP contribution in [0.2, 0.25) is 0 Å². The number of hydrogen-bond acceptors (Lipinski definition) is 7. The molecule has 2 aliphatic heterocycles. The minimum Gasteiger partial charge on any atom is -0.394 e. The van der Waals surface area contributed by atoms with Crippen molar-refractivity contribution in [3.8, 4) is 0 Å². The van der Waals surface area contributed by atoms with Crippen LogP contribution < -0.4 is 11.0 Å². The molecule has 134 valence electrons. The molecule has 1 aromatic rings. The molecule has 0 saturated carbocycles. The Morgan fingerprint density at radius 3 is 2.79 bits per heavy atom. The highest BCUT2D eigenvalue weighted by Gasteiger charge is 2.35. The normalized spacial score (nSPS) is 28.2. The molecular formula is C15H23IN4O4. The van der Waals surface area contributed by atoms with Crippen molar-refractivity contribution >= 4 is 28.4 Å². The Morgan fingerprint density at radius 1 is 1.38 bits per heavy atom. The van der Waals surface area contributed by atoms with E-state index in [1.54, 1.807) is 6.20 Å². The summed E-state index contributed by atoms with van der Waals surface area (Å²) in [6.45, 7) is 2.54. The maximum atomic E-state index is 12.3. The van der Waals surface area contributed by atoms with E-state index in [0.717, 1.165) is 16.7 Å². The van der Waals surface area contributed by atoms with Gasteiger partial charge in [-0.3, -0.25) is 9.47 Å². The molecule has 3 N–H and O–H groups in total. The third-order valence-corrected chi connectivity index (χ3v) is 5.31. The predicted molar refractivity (Wildman–Crippen MR) is 96.7 cm³/mol. The Bertz CT molecular complexity index is 620.